The van der Waals surface area contributed by atoms with Crippen LogP contribution >= 0.6 is 0 Å². The van der Waals surface area contributed by atoms with Gasteiger partial charge in [-0.25, -0.2) is 0 Å². The highest BCUT2D eigenvalue weighted by Gasteiger charge is 2.21. The van der Waals surface area contributed by atoms with E-state index >= 15 is 0 Å². The third kappa shape index (κ3) is 6.77. The molecule has 1 atom stereocenters. The van der Waals surface area contributed by atoms with Gasteiger partial charge < -0.3 is 15.8 Å². The first-order chi connectivity index (χ1) is 11.5. The Hall–Kier alpha value is -1.14. The molecule has 0 aliphatic carbocycles. The minimum absolute atomic E-state index is 0.177. The van der Waals surface area contributed by atoms with Crippen LogP contribution < -0.4 is 5.73 Å². The van der Waals surface area contributed by atoms with Crippen LogP contribution in [0.15, 0.2) is 36.4 Å². The highest BCUT2D eigenvalue weighted by molar-refractivity contribution is 6.40. The monoisotopic (exact) mass is 330 g/mol. The van der Waals surface area contributed by atoms with E-state index in [9.17, 15) is 0 Å². The zero-order valence-electron chi connectivity index (χ0n) is 14.8. The number of rotatable bonds is 9. The van der Waals surface area contributed by atoms with Crippen LogP contribution in [0.4, 0.5) is 0 Å². The van der Waals surface area contributed by atoms with Crippen molar-refractivity contribution in [2.45, 2.75) is 50.9 Å². The summed E-state index contributed by atoms with van der Waals surface area (Å²) in [5, 5.41) is 17.7. The Bertz CT molecular complexity index is 517. The summed E-state index contributed by atoms with van der Waals surface area (Å²) in [6.07, 6.45) is 7.55. The molecule has 4 N–H and O–H groups in total. The lowest BCUT2D eigenvalue weighted by atomic mass is 9.82. The van der Waals surface area contributed by atoms with Gasteiger partial charge in [-0.05, 0) is 43.6 Å². The number of benzene rings is 1. The van der Waals surface area contributed by atoms with Gasteiger partial charge in [-0.1, -0.05) is 49.2 Å². The first kappa shape index (κ1) is 19.2. The van der Waals surface area contributed by atoms with Crippen LogP contribution in [0, 0.1) is 0 Å². The predicted molar refractivity (Wildman–Crippen MR) is 102 cm³/mol. The first-order valence-corrected chi connectivity index (χ1v) is 9.08. The summed E-state index contributed by atoms with van der Waals surface area (Å²) in [6.45, 7) is 5.22. The van der Waals surface area contributed by atoms with Gasteiger partial charge in [-0.15, -0.1) is 0 Å². The van der Waals surface area contributed by atoms with Gasteiger partial charge in [-0.2, -0.15) is 0 Å². The Balaban J connectivity index is 1.70. The van der Waals surface area contributed by atoms with Crippen molar-refractivity contribution in [3.8, 4) is 0 Å². The summed E-state index contributed by atoms with van der Waals surface area (Å²) in [5.74, 6) is 0. The second-order valence-electron chi connectivity index (χ2n) is 7.28. The highest BCUT2D eigenvalue weighted by Crippen LogP contribution is 2.23. The van der Waals surface area contributed by atoms with Crippen LogP contribution in [0.2, 0.25) is 6.32 Å². The van der Waals surface area contributed by atoms with E-state index in [4.69, 9.17) is 15.8 Å². The molecule has 1 aromatic carbocycles. The smallest absolute Gasteiger partial charge is 0.427 e. The number of unbranched alkanes of at least 4 members (excludes halogenated alkanes) is 1. The quantitative estimate of drug-likeness (QED) is 0.481. The number of nitrogens with zero attached hydrogens (tertiary/aromatic N) is 1. The van der Waals surface area contributed by atoms with E-state index in [-0.39, 0.29) is 5.54 Å². The fourth-order valence-corrected chi connectivity index (χ4v) is 3.22. The molecule has 1 aliphatic heterocycles. The molecule has 0 radical (unpaired) electrons. The van der Waals surface area contributed by atoms with Crippen molar-refractivity contribution in [2.24, 2.45) is 5.73 Å². The average molecular weight is 330 g/mol. The Morgan fingerprint density at radius 3 is 2.54 bits per heavy atom. The number of hydrogen-bond donors (Lipinski definition) is 3. The summed E-state index contributed by atoms with van der Waals surface area (Å²) in [7, 11) is -1.19. The standard InChI is InChI=1S/C19H31BN2O2/c1-19(21,11-5-6-13-20(23)24)12-16-22-14-9-18(10-15-22)17-7-3-2-4-8-17/h2-4,7-9,23-24H,5-6,10-16,21H2,1H3. The van der Waals surface area contributed by atoms with Crippen LogP contribution in [0.5, 0.6) is 0 Å². The van der Waals surface area contributed by atoms with E-state index in [1.165, 1.54) is 11.1 Å². The van der Waals surface area contributed by atoms with Crippen molar-refractivity contribution < 1.29 is 10.0 Å². The third-order valence-corrected chi connectivity index (χ3v) is 4.90. The first-order valence-electron chi connectivity index (χ1n) is 9.08. The molecule has 0 saturated carbocycles. The molecular weight excluding hydrogens is 299 g/mol. The summed E-state index contributed by atoms with van der Waals surface area (Å²) < 4.78 is 0. The molecule has 132 valence electrons. The van der Waals surface area contributed by atoms with Gasteiger partial charge >= 0.3 is 7.12 Å². The lowest BCUT2D eigenvalue weighted by Gasteiger charge is -2.31. The van der Waals surface area contributed by atoms with Gasteiger partial charge in [0.25, 0.3) is 0 Å². The molecule has 1 heterocycles. The topological polar surface area (TPSA) is 69.7 Å². The van der Waals surface area contributed by atoms with E-state index in [2.05, 4.69) is 48.2 Å². The van der Waals surface area contributed by atoms with Crippen LogP contribution in [0.1, 0.15) is 44.6 Å². The van der Waals surface area contributed by atoms with Gasteiger partial charge in [0.15, 0.2) is 0 Å². The zero-order chi connectivity index (χ0) is 17.4. The summed E-state index contributed by atoms with van der Waals surface area (Å²) >= 11 is 0. The lowest BCUT2D eigenvalue weighted by Crippen LogP contribution is -2.41. The van der Waals surface area contributed by atoms with Gasteiger partial charge in [0.2, 0.25) is 0 Å². The molecule has 4 nitrogen and oxygen atoms in total. The normalized spacial score (nSPS) is 18.1. The molecule has 1 unspecified atom stereocenters. The van der Waals surface area contributed by atoms with E-state index in [1.807, 2.05) is 0 Å². The highest BCUT2D eigenvalue weighted by atomic mass is 16.4. The van der Waals surface area contributed by atoms with Gasteiger partial charge in [0.1, 0.15) is 0 Å². The maximum Gasteiger partial charge on any atom is 0.451 e. The summed E-state index contributed by atoms with van der Waals surface area (Å²) in [6, 6.07) is 10.6. The van der Waals surface area contributed by atoms with Crippen LogP contribution in [-0.4, -0.2) is 47.2 Å². The summed E-state index contributed by atoms with van der Waals surface area (Å²) in [5.41, 5.74) is 9.01. The van der Waals surface area contributed by atoms with Crippen LogP contribution in [0.3, 0.4) is 0 Å². The number of hydrogen-bond acceptors (Lipinski definition) is 4. The van der Waals surface area contributed by atoms with E-state index < -0.39 is 7.12 Å². The van der Waals surface area contributed by atoms with Crippen molar-refractivity contribution >= 4 is 12.7 Å². The molecular formula is C19H31BN2O2. The zero-order valence-corrected chi connectivity index (χ0v) is 14.8. The SMILES string of the molecule is CC(N)(CCCCB(O)O)CCN1CC=C(c2ccccc2)CC1. The molecule has 0 bridgehead atoms. The molecule has 5 heteroatoms. The Kier molecular flexibility index (Phi) is 7.50. The second kappa shape index (κ2) is 9.37. The minimum Gasteiger partial charge on any atom is -0.427 e. The van der Waals surface area contributed by atoms with Crippen LogP contribution in [-0.2, 0) is 0 Å². The fourth-order valence-electron chi connectivity index (χ4n) is 3.22. The summed E-state index contributed by atoms with van der Waals surface area (Å²) in [4.78, 5) is 2.47. The van der Waals surface area contributed by atoms with Crippen molar-refractivity contribution in [2.75, 3.05) is 19.6 Å². The molecule has 1 aromatic rings. The molecule has 0 fully saturated rings. The molecule has 0 saturated heterocycles. The van der Waals surface area contributed by atoms with Crippen molar-refractivity contribution in [3.05, 3.63) is 42.0 Å². The molecule has 0 spiro atoms. The fraction of sp³-hybridized carbons (Fsp3) is 0.579. The lowest BCUT2D eigenvalue weighted by molar-refractivity contribution is 0.256. The minimum atomic E-state index is -1.19. The molecule has 2 rings (SSSR count). The molecule has 0 amide bonds. The Morgan fingerprint density at radius 2 is 1.92 bits per heavy atom. The van der Waals surface area contributed by atoms with Crippen molar-refractivity contribution in [1.82, 2.24) is 4.90 Å². The molecule has 24 heavy (non-hydrogen) atoms. The van der Waals surface area contributed by atoms with E-state index in [0.29, 0.717) is 6.32 Å². The second-order valence-corrected chi connectivity index (χ2v) is 7.28. The van der Waals surface area contributed by atoms with Gasteiger partial charge in [0.05, 0.1) is 0 Å². The Labute approximate surface area is 146 Å². The third-order valence-electron chi connectivity index (χ3n) is 4.90. The Morgan fingerprint density at radius 1 is 1.17 bits per heavy atom. The average Bonchev–Trinajstić information content (AvgIpc) is 2.58. The largest absolute Gasteiger partial charge is 0.451 e. The van der Waals surface area contributed by atoms with Gasteiger partial charge in [-0.3, -0.25) is 4.90 Å². The molecule has 0 aromatic heterocycles. The molecule has 1 aliphatic rings. The van der Waals surface area contributed by atoms with E-state index in [1.54, 1.807) is 0 Å². The van der Waals surface area contributed by atoms with Crippen molar-refractivity contribution in [3.63, 3.8) is 0 Å². The predicted octanol–water partition coefficient (Wildman–Crippen LogP) is 2.53. The van der Waals surface area contributed by atoms with Gasteiger partial charge in [0, 0.05) is 25.2 Å². The maximum absolute atomic E-state index is 8.87. The van der Waals surface area contributed by atoms with Crippen molar-refractivity contribution in [1.29, 1.82) is 0 Å². The number of nitrogens with two attached hydrogens (primary N) is 1. The maximum atomic E-state index is 8.87. The van der Waals surface area contributed by atoms with Crippen LogP contribution in [0.25, 0.3) is 5.57 Å². The van der Waals surface area contributed by atoms with E-state index in [0.717, 1.165) is 51.7 Å².